The molecule has 0 saturated heterocycles. The second-order valence-electron chi connectivity index (χ2n) is 4.37. The molecule has 1 aliphatic rings. The average Bonchev–Trinajstić information content (AvgIpc) is 3.17. The molecule has 1 N–H and O–H groups in total. The highest BCUT2D eigenvalue weighted by molar-refractivity contribution is 5.87. The van der Waals surface area contributed by atoms with Gasteiger partial charge in [-0.3, -0.25) is 4.79 Å². The Bertz CT molecular complexity index is 512. The molecule has 1 saturated carbocycles. The monoisotopic (exact) mass is 246 g/mol. The number of methoxy groups -OCH3 is 1. The predicted octanol–water partition coefficient (Wildman–Crippen LogP) is 1.99. The third-order valence-electron chi connectivity index (χ3n) is 3.21. The Morgan fingerprint density at radius 3 is 2.67 bits per heavy atom. The zero-order valence-electron chi connectivity index (χ0n) is 10.1. The van der Waals surface area contributed by atoms with Crippen LogP contribution >= 0.6 is 0 Å². The second-order valence-corrected chi connectivity index (χ2v) is 4.37. The first-order valence-corrected chi connectivity index (χ1v) is 5.68. The van der Waals surface area contributed by atoms with Gasteiger partial charge in [-0.1, -0.05) is 24.3 Å². The number of carboxylic acids is 1. The highest BCUT2D eigenvalue weighted by Crippen LogP contribution is 2.48. The minimum atomic E-state index is -0.781. The molecule has 94 valence electrons. The van der Waals surface area contributed by atoms with Gasteiger partial charge in [-0.2, -0.15) is 0 Å². The van der Waals surface area contributed by atoms with E-state index in [-0.39, 0.29) is 0 Å². The van der Waals surface area contributed by atoms with Gasteiger partial charge >= 0.3 is 11.9 Å². The topological polar surface area (TPSA) is 63.6 Å². The van der Waals surface area contributed by atoms with E-state index in [4.69, 9.17) is 0 Å². The minimum Gasteiger partial charge on any atom is -0.481 e. The van der Waals surface area contributed by atoms with Gasteiger partial charge < -0.3 is 9.84 Å². The predicted molar refractivity (Wildman–Crippen MR) is 66.0 cm³/mol. The van der Waals surface area contributed by atoms with Crippen LogP contribution in [0.2, 0.25) is 0 Å². The standard InChI is InChI=1S/C14H14O4/c1-18-12(15)6-5-10-3-2-4-11(9-10)14(7-8-14)13(16)17/h2-6,9H,7-8H2,1H3,(H,16,17). The molecule has 18 heavy (non-hydrogen) atoms. The lowest BCUT2D eigenvalue weighted by molar-refractivity contribution is -0.140. The van der Waals surface area contributed by atoms with Crippen molar-refractivity contribution in [3.63, 3.8) is 0 Å². The third-order valence-corrected chi connectivity index (χ3v) is 3.21. The fourth-order valence-electron chi connectivity index (χ4n) is 1.92. The Morgan fingerprint density at radius 2 is 2.11 bits per heavy atom. The molecule has 0 atom stereocenters. The van der Waals surface area contributed by atoms with Crippen LogP contribution in [-0.2, 0) is 19.7 Å². The van der Waals surface area contributed by atoms with Crippen molar-refractivity contribution < 1.29 is 19.4 Å². The molecule has 1 aromatic rings. The molecule has 0 heterocycles. The van der Waals surface area contributed by atoms with Gasteiger partial charge in [0.2, 0.25) is 0 Å². The lowest BCUT2D eigenvalue weighted by atomic mass is 9.94. The molecule has 1 fully saturated rings. The maximum atomic E-state index is 11.2. The first-order chi connectivity index (χ1) is 8.58. The van der Waals surface area contributed by atoms with Crippen molar-refractivity contribution in [2.75, 3.05) is 7.11 Å². The van der Waals surface area contributed by atoms with Crippen molar-refractivity contribution in [2.24, 2.45) is 0 Å². The Morgan fingerprint density at radius 1 is 1.39 bits per heavy atom. The fraction of sp³-hybridized carbons (Fsp3) is 0.286. The van der Waals surface area contributed by atoms with Gasteiger partial charge in [0.15, 0.2) is 0 Å². The number of carbonyl (C=O) groups is 2. The van der Waals surface area contributed by atoms with Crippen LogP contribution < -0.4 is 0 Å². The van der Waals surface area contributed by atoms with Gasteiger partial charge in [0.05, 0.1) is 12.5 Å². The van der Waals surface area contributed by atoms with Crippen molar-refractivity contribution in [1.29, 1.82) is 0 Å². The molecular formula is C14H14O4. The number of esters is 1. The summed E-state index contributed by atoms with van der Waals surface area (Å²) in [4.78, 5) is 22.2. The van der Waals surface area contributed by atoms with Gasteiger partial charge in [-0.05, 0) is 30.0 Å². The maximum Gasteiger partial charge on any atom is 0.330 e. The van der Waals surface area contributed by atoms with Crippen molar-refractivity contribution >= 4 is 18.0 Å². The summed E-state index contributed by atoms with van der Waals surface area (Å²) in [5.74, 6) is -1.21. The largest absolute Gasteiger partial charge is 0.481 e. The smallest absolute Gasteiger partial charge is 0.330 e. The van der Waals surface area contributed by atoms with Gasteiger partial charge in [0.1, 0.15) is 0 Å². The summed E-state index contributed by atoms with van der Waals surface area (Å²) >= 11 is 0. The fourth-order valence-corrected chi connectivity index (χ4v) is 1.92. The van der Waals surface area contributed by atoms with Crippen LogP contribution in [0.5, 0.6) is 0 Å². The first kappa shape index (κ1) is 12.4. The van der Waals surface area contributed by atoms with E-state index in [0.29, 0.717) is 12.8 Å². The Balaban J connectivity index is 2.24. The molecule has 0 radical (unpaired) electrons. The molecule has 2 rings (SSSR count). The molecule has 0 spiro atoms. The number of aliphatic carboxylic acids is 1. The van der Waals surface area contributed by atoms with Crippen LogP contribution in [0.1, 0.15) is 24.0 Å². The van der Waals surface area contributed by atoms with Crippen LogP contribution in [-0.4, -0.2) is 24.2 Å². The first-order valence-electron chi connectivity index (χ1n) is 5.68. The molecule has 0 aromatic heterocycles. The van der Waals surface area contributed by atoms with E-state index in [1.54, 1.807) is 18.2 Å². The van der Waals surface area contributed by atoms with Crippen LogP contribution in [0.15, 0.2) is 30.3 Å². The number of hydrogen-bond acceptors (Lipinski definition) is 3. The van der Waals surface area contributed by atoms with Gasteiger partial charge in [0.25, 0.3) is 0 Å². The summed E-state index contributed by atoms with van der Waals surface area (Å²) in [5.41, 5.74) is 0.877. The summed E-state index contributed by atoms with van der Waals surface area (Å²) in [6.45, 7) is 0. The summed E-state index contributed by atoms with van der Waals surface area (Å²) in [6.07, 6.45) is 4.28. The van der Waals surface area contributed by atoms with Gasteiger partial charge in [0, 0.05) is 6.08 Å². The van der Waals surface area contributed by atoms with Gasteiger partial charge in [-0.25, -0.2) is 4.79 Å². The zero-order chi connectivity index (χ0) is 13.2. The lowest BCUT2D eigenvalue weighted by Gasteiger charge is -2.10. The number of hydrogen-bond donors (Lipinski definition) is 1. The molecule has 4 nitrogen and oxygen atoms in total. The number of ether oxygens (including phenoxy) is 1. The van der Waals surface area contributed by atoms with Crippen molar-refractivity contribution in [2.45, 2.75) is 18.3 Å². The molecule has 1 aromatic carbocycles. The molecule has 1 aliphatic carbocycles. The maximum absolute atomic E-state index is 11.2. The molecule has 4 heteroatoms. The Hall–Kier alpha value is -2.10. The van der Waals surface area contributed by atoms with E-state index in [2.05, 4.69) is 4.74 Å². The third kappa shape index (κ3) is 2.27. The molecular weight excluding hydrogens is 232 g/mol. The van der Waals surface area contributed by atoms with E-state index in [1.165, 1.54) is 13.2 Å². The summed E-state index contributed by atoms with van der Waals surface area (Å²) < 4.78 is 4.50. The van der Waals surface area contributed by atoms with Gasteiger partial charge in [-0.15, -0.1) is 0 Å². The van der Waals surface area contributed by atoms with E-state index in [9.17, 15) is 14.7 Å². The van der Waals surface area contributed by atoms with Crippen molar-refractivity contribution in [3.8, 4) is 0 Å². The SMILES string of the molecule is COC(=O)C=Cc1cccc(C2(C(=O)O)CC2)c1. The number of carboxylic acid groups (broad SMARTS) is 1. The normalized spacial score (nSPS) is 16.5. The summed E-state index contributed by atoms with van der Waals surface area (Å²) in [7, 11) is 1.31. The molecule has 0 amide bonds. The highest BCUT2D eigenvalue weighted by Gasteiger charge is 2.51. The summed E-state index contributed by atoms with van der Waals surface area (Å²) in [5, 5.41) is 9.21. The Labute approximate surface area is 105 Å². The van der Waals surface area contributed by atoms with E-state index >= 15 is 0 Å². The van der Waals surface area contributed by atoms with Crippen LogP contribution in [0.4, 0.5) is 0 Å². The number of rotatable bonds is 4. The molecule has 0 bridgehead atoms. The lowest BCUT2D eigenvalue weighted by Crippen LogP contribution is -2.19. The van der Waals surface area contributed by atoms with E-state index in [0.717, 1.165) is 11.1 Å². The van der Waals surface area contributed by atoms with Crippen molar-refractivity contribution in [1.82, 2.24) is 0 Å². The molecule has 0 unspecified atom stereocenters. The van der Waals surface area contributed by atoms with Crippen LogP contribution in [0.3, 0.4) is 0 Å². The quantitative estimate of drug-likeness (QED) is 0.651. The minimum absolute atomic E-state index is 0.431. The van der Waals surface area contributed by atoms with E-state index in [1.807, 2.05) is 12.1 Å². The van der Waals surface area contributed by atoms with Crippen molar-refractivity contribution in [3.05, 3.63) is 41.5 Å². The number of carbonyl (C=O) groups excluding carboxylic acids is 1. The highest BCUT2D eigenvalue weighted by atomic mass is 16.5. The second kappa shape index (κ2) is 4.64. The van der Waals surface area contributed by atoms with Crippen LogP contribution in [0, 0.1) is 0 Å². The Kier molecular flexibility index (Phi) is 3.19. The van der Waals surface area contributed by atoms with Crippen LogP contribution in [0.25, 0.3) is 6.08 Å². The molecule has 0 aliphatic heterocycles. The average molecular weight is 246 g/mol. The number of benzene rings is 1. The zero-order valence-corrected chi connectivity index (χ0v) is 10.1. The summed E-state index contributed by atoms with van der Waals surface area (Å²) in [6, 6.07) is 7.24. The van der Waals surface area contributed by atoms with E-state index < -0.39 is 17.4 Å².